The lowest BCUT2D eigenvalue weighted by atomic mass is 10.1. The van der Waals surface area contributed by atoms with E-state index in [1.165, 1.54) is 6.07 Å². The van der Waals surface area contributed by atoms with Crippen molar-refractivity contribution in [3.05, 3.63) is 28.0 Å². The molecule has 66 valence electrons. The van der Waals surface area contributed by atoms with Gasteiger partial charge in [-0.1, -0.05) is 6.07 Å². The van der Waals surface area contributed by atoms with Crippen molar-refractivity contribution in [2.24, 2.45) is 5.73 Å². The molecule has 0 unspecified atom stereocenters. The van der Waals surface area contributed by atoms with Crippen LogP contribution in [0.2, 0.25) is 0 Å². The first-order valence-electron chi connectivity index (χ1n) is 3.46. The molecule has 0 heterocycles. The number of aromatic hydroxyl groups is 1. The van der Waals surface area contributed by atoms with Gasteiger partial charge in [-0.3, -0.25) is 0 Å². The second-order valence-corrected chi connectivity index (χ2v) is 3.44. The summed E-state index contributed by atoms with van der Waals surface area (Å²) in [7, 11) is 0. The molecule has 1 atom stereocenters. The van der Waals surface area contributed by atoms with Crippen molar-refractivity contribution in [1.82, 2.24) is 0 Å². The Bertz CT molecular complexity index is 301. The summed E-state index contributed by atoms with van der Waals surface area (Å²) in [6, 6.07) is 2.74. The molecule has 0 aliphatic carbocycles. The van der Waals surface area contributed by atoms with Crippen LogP contribution in [-0.4, -0.2) is 5.11 Å². The van der Waals surface area contributed by atoms with Crippen LogP contribution in [0.3, 0.4) is 0 Å². The molecule has 0 aromatic heterocycles. The molecule has 3 N–H and O–H groups in total. The fraction of sp³-hybridized carbons (Fsp3) is 0.250. The van der Waals surface area contributed by atoms with Gasteiger partial charge in [0, 0.05) is 11.6 Å². The minimum Gasteiger partial charge on any atom is -0.505 e. The summed E-state index contributed by atoms with van der Waals surface area (Å²) >= 11 is 2.95. The molecule has 0 saturated carbocycles. The zero-order valence-corrected chi connectivity index (χ0v) is 8.10. The monoisotopic (exact) mass is 233 g/mol. The molecule has 0 aliphatic rings. The van der Waals surface area contributed by atoms with E-state index in [9.17, 15) is 9.50 Å². The molecule has 2 nitrogen and oxygen atoms in total. The van der Waals surface area contributed by atoms with E-state index in [-0.39, 0.29) is 16.3 Å². The summed E-state index contributed by atoms with van der Waals surface area (Å²) in [6.07, 6.45) is 0. The Kier molecular flexibility index (Phi) is 2.69. The molecule has 0 fully saturated rings. The van der Waals surface area contributed by atoms with Gasteiger partial charge in [0.05, 0.1) is 4.47 Å². The van der Waals surface area contributed by atoms with Crippen LogP contribution >= 0.6 is 15.9 Å². The number of phenolic OH excluding ortho intramolecular Hbond substituents is 1. The first-order chi connectivity index (χ1) is 5.54. The Hall–Kier alpha value is -0.610. The highest BCUT2D eigenvalue weighted by Crippen LogP contribution is 2.30. The van der Waals surface area contributed by atoms with Crippen LogP contribution in [0.25, 0.3) is 0 Å². The van der Waals surface area contributed by atoms with Crippen LogP contribution in [0.15, 0.2) is 16.6 Å². The normalized spacial score (nSPS) is 13.0. The van der Waals surface area contributed by atoms with Gasteiger partial charge < -0.3 is 10.8 Å². The second kappa shape index (κ2) is 3.41. The zero-order valence-electron chi connectivity index (χ0n) is 6.51. The summed E-state index contributed by atoms with van der Waals surface area (Å²) in [5.74, 6) is -1.04. The van der Waals surface area contributed by atoms with E-state index in [1.54, 1.807) is 13.0 Å². The lowest BCUT2D eigenvalue weighted by Gasteiger charge is -2.09. The Labute approximate surface area is 78.3 Å². The maximum Gasteiger partial charge on any atom is 0.179 e. The van der Waals surface area contributed by atoms with E-state index in [1.807, 2.05) is 0 Å². The number of nitrogens with two attached hydrogens (primary N) is 1. The molecule has 0 saturated heterocycles. The lowest BCUT2D eigenvalue weighted by molar-refractivity contribution is 0.420. The number of rotatable bonds is 1. The molecule has 1 rings (SSSR count). The SMILES string of the molecule is C[C@H](N)c1ccc(Br)c(F)c1O. The molecule has 0 spiro atoms. The van der Waals surface area contributed by atoms with E-state index in [0.717, 1.165) is 0 Å². The summed E-state index contributed by atoms with van der Waals surface area (Å²) in [5.41, 5.74) is 5.90. The summed E-state index contributed by atoms with van der Waals surface area (Å²) in [5, 5.41) is 9.26. The predicted octanol–water partition coefficient (Wildman–Crippen LogP) is 2.31. The molecule has 0 aliphatic heterocycles. The van der Waals surface area contributed by atoms with Gasteiger partial charge in [-0.05, 0) is 28.9 Å². The fourth-order valence-corrected chi connectivity index (χ4v) is 1.24. The van der Waals surface area contributed by atoms with Gasteiger partial charge in [0.25, 0.3) is 0 Å². The first-order valence-corrected chi connectivity index (χ1v) is 4.25. The van der Waals surface area contributed by atoms with E-state index >= 15 is 0 Å². The molecule has 0 bridgehead atoms. The maximum absolute atomic E-state index is 13.0. The highest BCUT2D eigenvalue weighted by molar-refractivity contribution is 9.10. The van der Waals surface area contributed by atoms with Crippen LogP contribution < -0.4 is 5.73 Å². The minimum atomic E-state index is -0.662. The molecule has 1 aromatic rings. The van der Waals surface area contributed by atoms with Crippen LogP contribution in [0.1, 0.15) is 18.5 Å². The first kappa shape index (κ1) is 9.48. The van der Waals surface area contributed by atoms with Crippen molar-refractivity contribution in [1.29, 1.82) is 0 Å². The number of phenols is 1. The molecular formula is C8H9BrFNO. The van der Waals surface area contributed by atoms with Crippen molar-refractivity contribution >= 4 is 15.9 Å². The van der Waals surface area contributed by atoms with Gasteiger partial charge in [0.15, 0.2) is 11.6 Å². The van der Waals surface area contributed by atoms with Crippen LogP contribution in [0.5, 0.6) is 5.75 Å². The van der Waals surface area contributed by atoms with E-state index in [2.05, 4.69) is 15.9 Å². The number of benzene rings is 1. The van der Waals surface area contributed by atoms with Crippen molar-refractivity contribution in [3.8, 4) is 5.75 Å². The average molecular weight is 234 g/mol. The molecule has 0 radical (unpaired) electrons. The van der Waals surface area contributed by atoms with Crippen molar-refractivity contribution < 1.29 is 9.50 Å². The quantitative estimate of drug-likeness (QED) is 0.783. The van der Waals surface area contributed by atoms with Crippen molar-refractivity contribution in [3.63, 3.8) is 0 Å². The summed E-state index contributed by atoms with van der Waals surface area (Å²) < 4.78 is 13.2. The zero-order chi connectivity index (χ0) is 9.30. The maximum atomic E-state index is 13.0. The van der Waals surface area contributed by atoms with Gasteiger partial charge in [-0.15, -0.1) is 0 Å². The van der Waals surface area contributed by atoms with Gasteiger partial charge >= 0.3 is 0 Å². The number of hydrogen-bond acceptors (Lipinski definition) is 2. The molecule has 4 heteroatoms. The highest BCUT2D eigenvalue weighted by atomic mass is 79.9. The van der Waals surface area contributed by atoms with Crippen molar-refractivity contribution in [2.75, 3.05) is 0 Å². The van der Waals surface area contributed by atoms with E-state index in [4.69, 9.17) is 5.73 Å². The number of hydrogen-bond donors (Lipinski definition) is 2. The average Bonchev–Trinajstić information content (AvgIpc) is 2.00. The smallest absolute Gasteiger partial charge is 0.179 e. The Morgan fingerprint density at radius 1 is 1.58 bits per heavy atom. The second-order valence-electron chi connectivity index (χ2n) is 2.59. The largest absolute Gasteiger partial charge is 0.505 e. The topological polar surface area (TPSA) is 46.2 Å². The van der Waals surface area contributed by atoms with E-state index in [0.29, 0.717) is 5.56 Å². The standard InChI is InChI=1S/C8H9BrFNO/c1-4(11)5-2-3-6(9)7(10)8(5)12/h2-4,12H,11H2,1H3/t4-/m0/s1. The van der Waals surface area contributed by atoms with Gasteiger partial charge in [-0.25, -0.2) is 4.39 Å². The lowest BCUT2D eigenvalue weighted by Crippen LogP contribution is -2.05. The van der Waals surface area contributed by atoms with Gasteiger partial charge in [-0.2, -0.15) is 0 Å². The summed E-state index contributed by atoms with van der Waals surface area (Å²) in [4.78, 5) is 0. The minimum absolute atomic E-state index is 0.240. The highest BCUT2D eigenvalue weighted by Gasteiger charge is 2.12. The summed E-state index contributed by atoms with van der Waals surface area (Å²) in [6.45, 7) is 1.68. The fourth-order valence-electron chi connectivity index (χ4n) is 0.922. The molecule has 1 aromatic carbocycles. The Morgan fingerprint density at radius 2 is 2.17 bits per heavy atom. The third-order valence-corrected chi connectivity index (χ3v) is 2.20. The van der Waals surface area contributed by atoms with Crippen LogP contribution in [0, 0.1) is 5.82 Å². The molecule has 0 amide bonds. The number of halogens is 2. The van der Waals surface area contributed by atoms with Crippen LogP contribution in [-0.2, 0) is 0 Å². The third-order valence-electron chi connectivity index (χ3n) is 1.59. The van der Waals surface area contributed by atoms with Crippen molar-refractivity contribution in [2.45, 2.75) is 13.0 Å². The van der Waals surface area contributed by atoms with Crippen LogP contribution in [0.4, 0.5) is 4.39 Å². The van der Waals surface area contributed by atoms with Gasteiger partial charge in [0.2, 0.25) is 0 Å². The third kappa shape index (κ3) is 1.59. The Balaban J connectivity index is 3.27. The molecular weight excluding hydrogens is 225 g/mol. The Morgan fingerprint density at radius 3 is 2.67 bits per heavy atom. The van der Waals surface area contributed by atoms with E-state index < -0.39 is 5.82 Å². The van der Waals surface area contributed by atoms with Gasteiger partial charge in [0.1, 0.15) is 0 Å². The molecule has 12 heavy (non-hydrogen) atoms. The predicted molar refractivity (Wildman–Crippen MR) is 48.4 cm³/mol.